The van der Waals surface area contributed by atoms with E-state index in [-0.39, 0.29) is 5.75 Å². The molecule has 2 amide bonds. The number of hydrogen-bond acceptors (Lipinski definition) is 6. The first-order chi connectivity index (χ1) is 17.5. The number of halogens is 1. The molecule has 0 heterocycles. The monoisotopic (exact) mass is 501 g/mol. The smallest absolute Gasteiger partial charge is 0.343 e. The predicted molar refractivity (Wildman–Crippen MR) is 138 cm³/mol. The third-order valence-electron chi connectivity index (χ3n) is 5.15. The molecule has 0 saturated heterocycles. The molecule has 0 aliphatic carbocycles. The van der Waals surface area contributed by atoms with Crippen molar-refractivity contribution >= 4 is 52.1 Å². The zero-order valence-electron chi connectivity index (χ0n) is 19.0. The molecule has 0 fully saturated rings. The molecule has 4 aromatic carbocycles. The molecule has 9 heteroatoms. The van der Waals surface area contributed by atoms with Gasteiger partial charge in [-0.25, -0.2) is 10.2 Å². The molecule has 0 aliphatic rings. The van der Waals surface area contributed by atoms with Gasteiger partial charge in [-0.05, 0) is 53.2 Å². The highest BCUT2D eigenvalue weighted by Crippen LogP contribution is 2.28. The number of ether oxygens (including phenoxy) is 2. The minimum Gasteiger partial charge on any atom is -0.497 e. The average Bonchev–Trinajstić information content (AvgIpc) is 2.90. The van der Waals surface area contributed by atoms with Gasteiger partial charge in [0.25, 0.3) is 0 Å². The molecule has 180 valence electrons. The van der Waals surface area contributed by atoms with Crippen LogP contribution in [0.5, 0.6) is 11.5 Å². The first kappa shape index (κ1) is 24.4. The summed E-state index contributed by atoms with van der Waals surface area (Å²) in [5.41, 5.74) is 3.25. The molecule has 4 aromatic rings. The quantitative estimate of drug-likeness (QED) is 0.130. The van der Waals surface area contributed by atoms with Crippen molar-refractivity contribution in [1.82, 2.24) is 5.43 Å². The maximum atomic E-state index is 12.7. The molecular formula is C27H20ClN3O5. The Balaban J connectivity index is 1.54. The summed E-state index contributed by atoms with van der Waals surface area (Å²) in [6, 6.07) is 23.9. The summed E-state index contributed by atoms with van der Waals surface area (Å²) in [4.78, 5) is 37.2. The maximum absolute atomic E-state index is 12.7. The van der Waals surface area contributed by atoms with Crippen molar-refractivity contribution in [3.8, 4) is 11.5 Å². The first-order valence-electron chi connectivity index (χ1n) is 10.7. The van der Waals surface area contributed by atoms with E-state index < -0.39 is 17.8 Å². The fraction of sp³-hybridized carbons (Fsp3) is 0.0370. The van der Waals surface area contributed by atoms with E-state index in [2.05, 4.69) is 15.8 Å². The average molecular weight is 502 g/mol. The van der Waals surface area contributed by atoms with Crippen LogP contribution in [0, 0.1) is 0 Å². The zero-order valence-corrected chi connectivity index (χ0v) is 19.8. The Bertz CT molecular complexity index is 1470. The molecule has 36 heavy (non-hydrogen) atoms. The molecule has 0 aromatic heterocycles. The first-order valence-corrected chi connectivity index (χ1v) is 11.1. The van der Waals surface area contributed by atoms with E-state index in [9.17, 15) is 14.4 Å². The van der Waals surface area contributed by atoms with Gasteiger partial charge in [0.1, 0.15) is 11.5 Å². The van der Waals surface area contributed by atoms with Crippen molar-refractivity contribution in [2.75, 3.05) is 12.4 Å². The van der Waals surface area contributed by atoms with Gasteiger partial charge in [0, 0.05) is 5.56 Å². The van der Waals surface area contributed by atoms with Crippen LogP contribution in [0.2, 0.25) is 5.02 Å². The number of para-hydroxylation sites is 1. The number of nitrogens with one attached hydrogen (secondary N) is 2. The Hall–Kier alpha value is -4.69. The van der Waals surface area contributed by atoms with Gasteiger partial charge < -0.3 is 14.8 Å². The van der Waals surface area contributed by atoms with Crippen molar-refractivity contribution < 1.29 is 23.9 Å². The summed E-state index contributed by atoms with van der Waals surface area (Å²) in [6.45, 7) is 0. The number of amides is 2. The van der Waals surface area contributed by atoms with Crippen LogP contribution in [0.4, 0.5) is 5.69 Å². The molecule has 0 atom stereocenters. The van der Waals surface area contributed by atoms with Gasteiger partial charge >= 0.3 is 17.8 Å². The van der Waals surface area contributed by atoms with Crippen molar-refractivity contribution in [2.24, 2.45) is 5.10 Å². The molecule has 0 aliphatic heterocycles. The number of nitrogens with zero attached hydrogens (tertiary/aromatic N) is 1. The van der Waals surface area contributed by atoms with Crippen LogP contribution < -0.4 is 20.2 Å². The van der Waals surface area contributed by atoms with Crippen LogP contribution in [0.3, 0.4) is 0 Å². The van der Waals surface area contributed by atoms with E-state index in [1.165, 1.54) is 13.3 Å². The lowest BCUT2D eigenvalue weighted by atomic mass is 10.0. The van der Waals surface area contributed by atoms with Crippen molar-refractivity contribution in [3.63, 3.8) is 0 Å². The molecule has 0 unspecified atom stereocenters. The van der Waals surface area contributed by atoms with E-state index in [1.54, 1.807) is 60.7 Å². The Morgan fingerprint density at radius 3 is 2.33 bits per heavy atom. The summed E-state index contributed by atoms with van der Waals surface area (Å²) in [7, 11) is 1.53. The number of anilines is 1. The lowest BCUT2D eigenvalue weighted by Crippen LogP contribution is -2.32. The summed E-state index contributed by atoms with van der Waals surface area (Å²) in [6.07, 6.45) is 1.32. The number of hydrazone groups is 1. The Morgan fingerprint density at radius 2 is 1.58 bits per heavy atom. The lowest BCUT2D eigenvalue weighted by molar-refractivity contribution is -0.136. The summed E-state index contributed by atoms with van der Waals surface area (Å²) in [5.74, 6) is -1.68. The normalized spacial score (nSPS) is 10.7. The molecule has 4 rings (SSSR count). The van der Waals surface area contributed by atoms with Crippen LogP contribution in [0.25, 0.3) is 10.8 Å². The molecule has 0 saturated carbocycles. The van der Waals surface area contributed by atoms with Gasteiger partial charge in [-0.3, -0.25) is 9.59 Å². The van der Waals surface area contributed by atoms with E-state index in [1.807, 2.05) is 24.3 Å². The van der Waals surface area contributed by atoms with Crippen LogP contribution in [-0.2, 0) is 9.59 Å². The van der Waals surface area contributed by atoms with Gasteiger partial charge in [-0.2, -0.15) is 5.10 Å². The third kappa shape index (κ3) is 5.68. The van der Waals surface area contributed by atoms with Gasteiger partial charge in [0.15, 0.2) is 0 Å². The summed E-state index contributed by atoms with van der Waals surface area (Å²) >= 11 is 6.01. The van der Waals surface area contributed by atoms with Gasteiger partial charge in [0.2, 0.25) is 0 Å². The molecular weight excluding hydrogens is 482 g/mol. The number of carbonyl (C=O) groups is 3. The zero-order chi connectivity index (χ0) is 25.5. The van der Waals surface area contributed by atoms with Crippen LogP contribution >= 0.6 is 11.6 Å². The molecule has 0 bridgehead atoms. The Labute approximate surface area is 211 Å². The molecule has 0 radical (unpaired) electrons. The molecule has 8 nitrogen and oxygen atoms in total. The van der Waals surface area contributed by atoms with Gasteiger partial charge in [0.05, 0.1) is 29.6 Å². The number of hydrogen-bond donors (Lipinski definition) is 2. The Morgan fingerprint density at radius 1 is 0.861 bits per heavy atom. The number of benzene rings is 4. The second-order valence-electron chi connectivity index (χ2n) is 7.45. The van der Waals surface area contributed by atoms with Crippen LogP contribution in [0.1, 0.15) is 15.9 Å². The number of fused-ring (bicyclic) bond motifs is 1. The van der Waals surface area contributed by atoms with Gasteiger partial charge in [-0.1, -0.05) is 54.1 Å². The predicted octanol–water partition coefficient (Wildman–Crippen LogP) is 4.81. The standard InChI is InChI=1S/C27H20ClN3O5/c1-35-19-13-10-18(11-14-19)27(34)36-24-15-12-17-6-2-3-7-20(17)21(24)16-29-31-26(33)25(32)30-23-9-5-4-8-22(23)28/h2-16H,1H3,(H,30,32)(H,31,33)/b29-16-. The number of methoxy groups -OCH3 is 1. The third-order valence-corrected chi connectivity index (χ3v) is 5.48. The minimum absolute atomic E-state index is 0.230. The minimum atomic E-state index is -0.997. The lowest BCUT2D eigenvalue weighted by Gasteiger charge is -2.11. The maximum Gasteiger partial charge on any atom is 0.343 e. The second kappa shape index (κ2) is 11.2. The number of rotatable bonds is 6. The highest BCUT2D eigenvalue weighted by Gasteiger charge is 2.16. The van der Waals surface area contributed by atoms with Crippen molar-refractivity contribution in [1.29, 1.82) is 0 Å². The van der Waals surface area contributed by atoms with E-state index >= 15 is 0 Å². The molecule has 2 N–H and O–H groups in total. The van der Waals surface area contributed by atoms with E-state index in [4.69, 9.17) is 21.1 Å². The van der Waals surface area contributed by atoms with Gasteiger partial charge in [-0.15, -0.1) is 0 Å². The largest absolute Gasteiger partial charge is 0.497 e. The van der Waals surface area contributed by atoms with Crippen molar-refractivity contribution in [3.05, 3.63) is 101 Å². The highest BCUT2D eigenvalue weighted by atomic mass is 35.5. The number of carbonyl (C=O) groups excluding carboxylic acids is 3. The number of esters is 1. The fourth-order valence-electron chi connectivity index (χ4n) is 3.33. The Kier molecular flexibility index (Phi) is 7.57. The fourth-order valence-corrected chi connectivity index (χ4v) is 3.51. The van der Waals surface area contributed by atoms with Crippen LogP contribution in [0.15, 0.2) is 90.0 Å². The van der Waals surface area contributed by atoms with E-state index in [0.29, 0.717) is 27.6 Å². The highest BCUT2D eigenvalue weighted by molar-refractivity contribution is 6.41. The second-order valence-corrected chi connectivity index (χ2v) is 7.86. The van der Waals surface area contributed by atoms with E-state index in [0.717, 1.165) is 10.8 Å². The summed E-state index contributed by atoms with van der Waals surface area (Å²) < 4.78 is 10.7. The molecule has 0 spiro atoms. The SMILES string of the molecule is COc1ccc(C(=O)Oc2ccc3ccccc3c2/C=N\NC(=O)C(=O)Nc2ccccc2Cl)cc1. The van der Waals surface area contributed by atoms with Crippen LogP contribution in [-0.4, -0.2) is 31.1 Å². The van der Waals surface area contributed by atoms with Crippen molar-refractivity contribution in [2.45, 2.75) is 0 Å². The summed E-state index contributed by atoms with van der Waals surface area (Å²) in [5, 5.41) is 8.22. The topological polar surface area (TPSA) is 106 Å².